The third kappa shape index (κ3) is 3.97. The Balaban J connectivity index is 1.95. The Kier molecular flexibility index (Phi) is 5.20. The molecule has 0 aliphatic heterocycles. The topological polar surface area (TPSA) is 75.6 Å². The highest BCUT2D eigenvalue weighted by atomic mass is 16.5. The number of carboxylic acid groups (broad SMARTS) is 1. The van der Waals surface area contributed by atoms with E-state index in [2.05, 4.69) is 5.32 Å². The predicted octanol–water partition coefficient (Wildman–Crippen LogP) is 1.85. The van der Waals surface area contributed by atoms with Gasteiger partial charge in [0.1, 0.15) is 5.75 Å². The second kappa shape index (κ2) is 7.11. The molecular weight excluding hydrogens is 270 g/mol. The molecule has 0 bridgehead atoms. The van der Waals surface area contributed by atoms with Gasteiger partial charge in [0.25, 0.3) is 0 Å². The van der Waals surface area contributed by atoms with Crippen molar-refractivity contribution in [2.45, 2.75) is 25.7 Å². The van der Waals surface area contributed by atoms with Crippen LogP contribution >= 0.6 is 0 Å². The molecule has 0 saturated heterocycles. The number of rotatable bonds is 7. The first kappa shape index (κ1) is 15.4. The molecule has 0 heterocycles. The normalized spacial score (nSPS) is 15.9. The number of para-hydroxylation sites is 1. The Morgan fingerprint density at radius 3 is 2.67 bits per heavy atom. The maximum absolute atomic E-state index is 11.8. The minimum atomic E-state index is -0.908. The molecule has 114 valence electrons. The van der Waals surface area contributed by atoms with E-state index < -0.39 is 11.9 Å². The zero-order valence-electron chi connectivity index (χ0n) is 12.2. The first-order valence-corrected chi connectivity index (χ1v) is 7.24. The van der Waals surface area contributed by atoms with Crippen LogP contribution in [0.25, 0.3) is 0 Å². The maximum atomic E-state index is 11.8. The van der Waals surface area contributed by atoms with Gasteiger partial charge in [0.15, 0.2) is 0 Å². The second-order valence-electron chi connectivity index (χ2n) is 5.42. The number of carboxylic acids is 1. The molecule has 1 aliphatic carbocycles. The molecule has 1 saturated carbocycles. The smallest absolute Gasteiger partial charge is 0.308 e. The van der Waals surface area contributed by atoms with Crippen molar-refractivity contribution in [3.63, 3.8) is 0 Å². The molecular formula is C16H21NO4. The highest BCUT2D eigenvalue weighted by Gasteiger charge is 2.27. The van der Waals surface area contributed by atoms with Gasteiger partial charge in [0, 0.05) is 12.5 Å². The second-order valence-corrected chi connectivity index (χ2v) is 5.42. The highest BCUT2D eigenvalue weighted by Crippen LogP contribution is 2.26. The van der Waals surface area contributed by atoms with Crippen LogP contribution in [-0.4, -0.2) is 30.6 Å². The molecule has 1 fully saturated rings. The van der Waals surface area contributed by atoms with Crippen LogP contribution in [0.3, 0.4) is 0 Å². The first-order valence-electron chi connectivity index (χ1n) is 7.24. The highest BCUT2D eigenvalue weighted by molar-refractivity contribution is 5.80. The van der Waals surface area contributed by atoms with Gasteiger partial charge in [-0.25, -0.2) is 0 Å². The van der Waals surface area contributed by atoms with Crippen LogP contribution in [0.1, 0.15) is 24.8 Å². The fourth-order valence-corrected chi connectivity index (χ4v) is 2.42. The van der Waals surface area contributed by atoms with E-state index >= 15 is 0 Å². The van der Waals surface area contributed by atoms with E-state index in [4.69, 9.17) is 4.74 Å². The van der Waals surface area contributed by atoms with E-state index in [0.29, 0.717) is 12.2 Å². The molecule has 1 aromatic carbocycles. The summed E-state index contributed by atoms with van der Waals surface area (Å²) >= 11 is 0. The molecule has 1 aromatic rings. The van der Waals surface area contributed by atoms with Crippen LogP contribution in [0.15, 0.2) is 24.3 Å². The largest absolute Gasteiger partial charge is 0.496 e. The Morgan fingerprint density at radius 2 is 2.10 bits per heavy atom. The summed E-state index contributed by atoms with van der Waals surface area (Å²) in [6, 6.07) is 7.35. The third-order valence-corrected chi connectivity index (χ3v) is 4.01. The van der Waals surface area contributed by atoms with Crippen LogP contribution in [0, 0.1) is 11.8 Å². The quantitative estimate of drug-likeness (QED) is 0.804. The standard InChI is InChI=1S/C16H21NO4/c1-21-14-8-3-2-5-12(14)9-13(16(19)20)10-17-15(18)11-6-4-7-11/h2-3,5,8,11,13H,4,6-7,9-10H2,1H3,(H,17,18)(H,19,20)/t13-/m0/s1. The minimum Gasteiger partial charge on any atom is -0.496 e. The van der Waals surface area contributed by atoms with Gasteiger partial charge >= 0.3 is 5.97 Å². The van der Waals surface area contributed by atoms with Crippen LogP contribution in [0.4, 0.5) is 0 Å². The lowest BCUT2D eigenvalue weighted by atomic mass is 9.84. The summed E-state index contributed by atoms with van der Waals surface area (Å²) in [6.45, 7) is 0.155. The van der Waals surface area contributed by atoms with Crippen molar-refractivity contribution < 1.29 is 19.4 Å². The lowest BCUT2D eigenvalue weighted by Crippen LogP contribution is -2.39. The van der Waals surface area contributed by atoms with E-state index in [0.717, 1.165) is 24.8 Å². The van der Waals surface area contributed by atoms with Gasteiger partial charge in [-0.2, -0.15) is 0 Å². The average molecular weight is 291 g/mol. The van der Waals surface area contributed by atoms with E-state index in [1.54, 1.807) is 13.2 Å². The fourth-order valence-electron chi connectivity index (χ4n) is 2.42. The monoisotopic (exact) mass is 291 g/mol. The average Bonchev–Trinajstić information content (AvgIpc) is 2.41. The molecule has 21 heavy (non-hydrogen) atoms. The molecule has 0 radical (unpaired) electrons. The Bertz CT molecular complexity index is 511. The fraction of sp³-hybridized carbons (Fsp3) is 0.500. The van der Waals surface area contributed by atoms with Crippen LogP contribution in [0.2, 0.25) is 0 Å². The summed E-state index contributed by atoms with van der Waals surface area (Å²) < 4.78 is 5.24. The number of hydrogen-bond donors (Lipinski definition) is 2. The van der Waals surface area contributed by atoms with Gasteiger partial charge in [-0.15, -0.1) is 0 Å². The molecule has 5 heteroatoms. The number of carbonyl (C=O) groups is 2. The van der Waals surface area contributed by atoms with Crippen LogP contribution in [-0.2, 0) is 16.0 Å². The molecule has 0 spiro atoms. The Morgan fingerprint density at radius 1 is 1.38 bits per heavy atom. The molecule has 2 rings (SSSR count). The van der Waals surface area contributed by atoms with Gasteiger partial charge in [0.05, 0.1) is 13.0 Å². The van der Waals surface area contributed by atoms with Crippen molar-refractivity contribution in [3.8, 4) is 5.75 Å². The summed E-state index contributed by atoms with van der Waals surface area (Å²) in [5.41, 5.74) is 0.838. The predicted molar refractivity (Wildman–Crippen MR) is 78.2 cm³/mol. The van der Waals surface area contributed by atoms with Crippen LogP contribution in [0.5, 0.6) is 5.75 Å². The van der Waals surface area contributed by atoms with E-state index in [-0.39, 0.29) is 18.4 Å². The number of benzene rings is 1. The summed E-state index contributed by atoms with van der Waals surface area (Å²) in [5.74, 6) is -0.826. The molecule has 1 aliphatic rings. The van der Waals surface area contributed by atoms with Gasteiger partial charge in [-0.05, 0) is 30.9 Å². The number of methoxy groups -OCH3 is 1. The molecule has 0 unspecified atom stereocenters. The van der Waals surface area contributed by atoms with Crippen molar-refractivity contribution in [2.75, 3.05) is 13.7 Å². The Labute approximate surface area is 124 Å². The zero-order chi connectivity index (χ0) is 15.2. The van der Waals surface area contributed by atoms with Gasteiger partial charge in [0.2, 0.25) is 5.91 Å². The SMILES string of the molecule is COc1ccccc1C[C@@H](CNC(=O)C1CCC1)C(=O)O. The number of amides is 1. The number of hydrogen-bond acceptors (Lipinski definition) is 3. The van der Waals surface area contributed by atoms with Crippen molar-refractivity contribution in [1.82, 2.24) is 5.32 Å². The molecule has 1 amide bonds. The first-order chi connectivity index (χ1) is 10.1. The minimum absolute atomic E-state index is 0.0208. The lowest BCUT2D eigenvalue weighted by molar-refractivity contribution is -0.141. The van der Waals surface area contributed by atoms with E-state index in [1.807, 2.05) is 18.2 Å². The molecule has 1 atom stereocenters. The van der Waals surface area contributed by atoms with Crippen molar-refractivity contribution >= 4 is 11.9 Å². The molecule has 5 nitrogen and oxygen atoms in total. The zero-order valence-corrected chi connectivity index (χ0v) is 12.2. The molecule has 0 aromatic heterocycles. The number of carbonyl (C=O) groups excluding carboxylic acids is 1. The van der Waals surface area contributed by atoms with Crippen molar-refractivity contribution in [3.05, 3.63) is 29.8 Å². The van der Waals surface area contributed by atoms with E-state index in [9.17, 15) is 14.7 Å². The van der Waals surface area contributed by atoms with Crippen molar-refractivity contribution in [1.29, 1.82) is 0 Å². The number of aliphatic carboxylic acids is 1. The van der Waals surface area contributed by atoms with E-state index in [1.165, 1.54) is 0 Å². The van der Waals surface area contributed by atoms with Crippen LogP contribution < -0.4 is 10.1 Å². The summed E-state index contributed by atoms with van der Waals surface area (Å²) in [5, 5.41) is 12.1. The summed E-state index contributed by atoms with van der Waals surface area (Å²) in [6.07, 6.45) is 3.25. The number of nitrogens with one attached hydrogen (secondary N) is 1. The summed E-state index contributed by atoms with van der Waals surface area (Å²) in [4.78, 5) is 23.2. The Hall–Kier alpha value is -2.04. The van der Waals surface area contributed by atoms with Gasteiger partial charge < -0.3 is 15.2 Å². The molecule has 2 N–H and O–H groups in total. The van der Waals surface area contributed by atoms with Crippen molar-refractivity contribution in [2.24, 2.45) is 11.8 Å². The van der Waals surface area contributed by atoms with Gasteiger partial charge in [-0.1, -0.05) is 24.6 Å². The third-order valence-electron chi connectivity index (χ3n) is 4.01. The summed E-state index contributed by atoms with van der Waals surface area (Å²) in [7, 11) is 1.56. The maximum Gasteiger partial charge on any atom is 0.308 e. The lowest BCUT2D eigenvalue weighted by Gasteiger charge is -2.25. The van der Waals surface area contributed by atoms with Gasteiger partial charge in [-0.3, -0.25) is 9.59 Å². The number of ether oxygens (including phenoxy) is 1.